The average molecular weight is 292 g/mol. The molecule has 1 aromatic carbocycles. The van der Waals surface area contributed by atoms with Crippen LogP contribution in [0.4, 0.5) is 4.39 Å². The number of hydrogen-bond donors (Lipinski definition) is 1. The summed E-state index contributed by atoms with van der Waals surface area (Å²) in [6.45, 7) is 4.69. The van der Waals surface area contributed by atoms with Gasteiger partial charge in [-0.05, 0) is 38.1 Å². The number of nitrogens with one attached hydrogen (secondary N) is 1. The minimum absolute atomic E-state index is 0.124. The maximum atomic E-state index is 12.8. The van der Waals surface area contributed by atoms with Gasteiger partial charge in [0.2, 0.25) is 0 Å². The molecule has 0 radical (unpaired) electrons. The van der Waals surface area contributed by atoms with Crippen molar-refractivity contribution in [1.82, 2.24) is 10.5 Å². The molecule has 1 heterocycles. The Hall–Kier alpha value is -2.21. The normalized spacial score (nSPS) is 10.9. The van der Waals surface area contributed by atoms with Gasteiger partial charge in [-0.25, -0.2) is 4.39 Å². The molecule has 0 unspecified atom stereocenters. The van der Waals surface area contributed by atoms with Gasteiger partial charge in [0.05, 0.1) is 12.7 Å². The molecule has 0 saturated carbocycles. The van der Waals surface area contributed by atoms with Crippen LogP contribution in [0.15, 0.2) is 34.9 Å². The van der Waals surface area contributed by atoms with Crippen LogP contribution in [-0.4, -0.2) is 30.3 Å². The van der Waals surface area contributed by atoms with Gasteiger partial charge in [0, 0.05) is 18.2 Å². The highest BCUT2D eigenvalue weighted by atomic mass is 19.1. The van der Waals surface area contributed by atoms with Gasteiger partial charge in [-0.2, -0.15) is 0 Å². The number of carbonyl (C=O) groups excluding carboxylic acids is 1. The molecule has 5 nitrogen and oxygen atoms in total. The molecule has 2 rings (SSSR count). The first-order valence-electron chi connectivity index (χ1n) is 6.68. The molecule has 0 spiro atoms. The lowest BCUT2D eigenvalue weighted by Gasteiger charge is -2.07. The first kappa shape index (κ1) is 15.2. The fourth-order valence-electron chi connectivity index (χ4n) is 1.68. The number of benzene rings is 1. The zero-order valence-electron chi connectivity index (χ0n) is 11.9. The summed E-state index contributed by atoms with van der Waals surface area (Å²) in [5.41, 5.74) is 0.838. The van der Waals surface area contributed by atoms with Gasteiger partial charge in [0.25, 0.3) is 5.91 Å². The Morgan fingerprint density at radius 1 is 1.38 bits per heavy atom. The highest BCUT2D eigenvalue weighted by molar-refractivity contribution is 5.93. The summed E-state index contributed by atoms with van der Waals surface area (Å²) in [6, 6.07) is 7.29. The van der Waals surface area contributed by atoms with Crippen LogP contribution in [0.25, 0.3) is 11.3 Å². The van der Waals surface area contributed by atoms with Crippen molar-refractivity contribution in [2.24, 2.45) is 0 Å². The van der Waals surface area contributed by atoms with E-state index in [-0.39, 0.29) is 23.5 Å². The fraction of sp³-hybridized carbons (Fsp3) is 0.333. The van der Waals surface area contributed by atoms with Gasteiger partial charge in [-0.1, -0.05) is 5.16 Å². The van der Waals surface area contributed by atoms with Crippen LogP contribution in [-0.2, 0) is 4.74 Å². The Morgan fingerprint density at radius 2 is 2.10 bits per heavy atom. The van der Waals surface area contributed by atoms with Crippen molar-refractivity contribution in [3.8, 4) is 11.3 Å². The number of nitrogens with zero attached hydrogens (tertiary/aromatic N) is 1. The molecule has 0 atom stereocenters. The van der Waals surface area contributed by atoms with E-state index in [1.807, 2.05) is 13.8 Å². The van der Waals surface area contributed by atoms with E-state index in [4.69, 9.17) is 9.26 Å². The average Bonchev–Trinajstić information content (AvgIpc) is 2.94. The monoisotopic (exact) mass is 292 g/mol. The van der Waals surface area contributed by atoms with Gasteiger partial charge in [-0.3, -0.25) is 4.79 Å². The number of hydrogen-bond acceptors (Lipinski definition) is 4. The van der Waals surface area contributed by atoms with Crippen molar-refractivity contribution in [3.05, 3.63) is 41.8 Å². The van der Waals surface area contributed by atoms with Crippen molar-refractivity contribution in [2.75, 3.05) is 13.2 Å². The fourth-order valence-corrected chi connectivity index (χ4v) is 1.68. The second kappa shape index (κ2) is 6.99. The largest absolute Gasteiger partial charge is 0.377 e. The summed E-state index contributed by atoms with van der Waals surface area (Å²) < 4.78 is 23.3. The van der Waals surface area contributed by atoms with E-state index in [0.717, 1.165) is 0 Å². The van der Waals surface area contributed by atoms with Gasteiger partial charge in [0.15, 0.2) is 11.5 Å². The number of rotatable bonds is 6. The van der Waals surface area contributed by atoms with Gasteiger partial charge >= 0.3 is 0 Å². The molecule has 0 aliphatic carbocycles. The smallest absolute Gasteiger partial charge is 0.273 e. The molecule has 0 aliphatic heterocycles. The minimum Gasteiger partial charge on any atom is -0.377 e. The Morgan fingerprint density at radius 3 is 2.76 bits per heavy atom. The van der Waals surface area contributed by atoms with Crippen LogP contribution in [0.5, 0.6) is 0 Å². The molecule has 0 aliphatic rings. The molecule has 1 aromatic heterocycles. The number of amides is 1. The van der Waals surface area contributed by atoms with E-state index < -0.39 is 0 Å². The Bertz CT molecular complexity index is 593. The maximum Gasteiger partial charge on any atom is 0.273 e. The van der Waals surface area contributed by atoms with Crippen molar-refractivity contribution < 1.29 is 18.4 Å². The number of ether oxygens (including phenoxy) is 1. The molecule has 0 saturated heterocycles. The molecule has 112 valence electrons. The Labute approximate surface area is 122 Å². The predicted molar refractivity (Wildman–Crippen MR) is 75.3 cm³/mol. The molecule has 2 aromatic rings. The van der Waals surface area contributed by atoms with Gasteiger partial charge in [0.1, 0.15) is 5.82 Å². The van der Waals surface area contributed by atoms with Gasteiger partial charge < -0.3 is 14.6 Å². The van der Waals surface area contributed by atoms with E-state index in [1.165, 1.54) is 18.2 Å². The summed E-state index contributed by atoms with van der Waals surface area (Å²) >= 11 is 0. The van der Waals surface area contributed by atoms with E-state index >= 15 is 0 Å². The first-order chi connectivity index (χ1) is 10.1. The molecule has 1 N–H and O–H groups in total. The molecule has 6 heteroatoms. The lowest BCUT2D eigenvalue weighted by Crippen LogP contribution is -2.28. The number of carbonyl (C=O) groups is 1. The topological polar surface area (TPSA) is 64.4 Å². The maximum absolute atomic E-state index is 12.8. The highest BCUT2D eigenvalue weighted by Crippen LogP contribution is 2.20. The molecule has 21 heavy (non-hydrogen) atoms. The number of aromatic nitrogens is 1. The predicted octanol–water partition coefficient (Wildman–Crippen LogP) is 2.64. The van der Waals surface area contributed by atoms with Crippen LogP contribution in [0, 0.1) is 5.82 Å². The zero-order valence-corrected chi connectivity index (χ0v) is 11.9. The summed E-state index contributed by atoms with van der Waals surface area (Å²) in [6.07, 6.45) is 0.124. The SMILES string of the molecule is CC(C)OCCNC(=O)c1cc(-c2ccc(F)cc2)on1. The second-order valence-electron chi connectivity index (χ2n) is 4.76. The molecule has 1 amide bonds. The molecular formula is C15H17FN2O3. The molecule has 0 bridgehead atoms. The Kier molecular flexibility index (Phi) is 5.05. The third kappa shape index (κ3) is 4.39. The van der Waals surface area contributed by atoms with Crippen LogP contribution >= 0.6 is 0 Å². The lowest BCUT2D eigenvalue weighted by molar-refractivity contribution is 0.0743. The third-order valence-corrected chi connectivity index (χ3v) is 2.71. The van der Waals surface area contributed by atoms with E-state index in [1.54, 1.807) is 12.1 Å². The number of halogens is 1. The minimum atomic E-state index is -0.334. The zero-order chi connectivity index (χ0) is 15.2. The van der Waals surface area contributed by atoms with E-state index in [2.05, 4.69) is 10.5 Å². The second-order valence-corrected chi connectivity index (χ2v) is 4.76. The standard InChI is InChI=1S/C15H17FN2O3/c1-10(2)20-8-7-17-15(19)13-9-14(21-18-13)11-3-5-12(16)6-4-11/h3-6,9-10H,7-8H2,1-2H3,(H,17,19). The van der Waals surface area contributed by atoms with Crippen molar-refractivity contribution in [1.29, 1.82) is 0 Å². The highest BCUT2D eigenvalue weighted by Gasteiger charge is 2.13. The molecule has 0 fully saturated rings. The Balaban J connectivity index is 1.93. The summed E-state index contributed by atoms with van der Waals surface area (Å²) in [5, 5.41) is 6.39. The van der Waals surface area contributed by atoms with Crippen LogP contribution in [0.2, 0.25) is 0 Å². The molecular weight excluding hydrogens is 275 g/mol. The van der Waals surface area contributed by atoms with Crippen LogP contribution in [0.1, 0.15) is 24.3 Å². The van der Waals surface area contributed by atoms with Crippen molar-refractivity contribution in [3.63, 3.8) is 0 Å². The van der Waals surface area contributed by atoms with Crippen molar-refractivity contribution in [2.45, 2.75) is 20.0 Å². The van der Waals surface area contributed by atoms with Crippen LogP contribution in [0.3, 0.4) is 0 Å². The quantitative estimate of drug-likeness (QED) is 0.831. The van der Waals surface area contributed by atoms with Crippen LogP contribution < -0.4 is 5.32 Å². The summed E-state index contributed by atoms with van der Waals surface area (Å²) in [4.78, 5) is 11.8. The van der Waals surface area contributed by atoms with E-state index in [0.29, 0.717) is 24.5 Å². The lowest BCUT2D eigenvalue weighted by atomic mass is 10.1. The van der Waals surface area contributed by atoms with Gasteiger partial charge in [-0.15, -0.1) is 0 Å². The van der Waals surface area contributed by atoms with Crippen molar-refractivity contribution >= 4 is 5.91 Å². The first-order valence-corrected chi connectivity index (χ1v) is 6.68. The third-order valence-electron chi connectivity index (χ3n) is 2.71. The van der Waals surface area contributed by atoms with E-state index in [9.17, 15) is 9.18 Å². The summed E-state index contributed by atoms with van der Waals surface area (Å²) in [7, 11) is 0. The summed E-state index contributed by atoms with van der Waals surface area (Å²) in [5.74, 6) is -0.251.